The molecule has 0 unspecified atom stereocenters. The highest BCUT2D eigenvalue weighted by Gasteiger charge is 2.39. The summed E-state index contributed by atoms with van der Waals surface area (Å²) in [6.07, 6.45) is 0. The topological polar surface area (TPSA) is 45.2 Å². The molecule has 0 atom stereocenters. The van der Waals surface area contributed by atoms with E-state index in [1.54, 1.807) is 0 Å². The third-order valence-corrected chi connectivity index (χ3v) is 19.6. The predicted octanol–water partition coefficient (Wildman–Crippen LogP) is 10.6. The highest BCUT2D eigenvalue weighted by atomic mass is 31.2. The molecule has 0 saturated carbocycles. The first-order valence-electron chi connectivity index (χ1n) is 14.4. The summed E-state index contributed by atoms with van der Waals surface area (Å²) in [4.78, 5) is 15.7. The molecule has 216 valence electrons. The van der Waals surface area contributed by atoms with Crippen molar-refractivity contribution >= 4 is 44.2 Å². The van der Waals surface area contributed by atoms with E-state index in [9.17, 15) is 0 Å². The predicted molar refractivity (Wildman–Crippen MR) is 178 cm³/mol. The Bertz CT molecular complexity index is 680. The third-order valence-electron chi connectivity index (χ3n) is 6.19. The van der Waals surface area contributed by atoms with Gasteiger partial charge in [-0.1, -0.05) is 111 Å². The maximum absolute atomic E-state index is 5.47. The Morgan fingerprint density at radius 1 is 0.378 bits per heavy atom. The summed E-state index contributed by atoms with van der Waals surface area (Å²) in [5.74, 6) is 2.71. The van der Waals surface area contributed by atoms with Crippen molar-refractivity contribution in [2.75, 3.05) is 8.88 Å². The van der Waals surface area contributed by atoms with Gasteiger partial charge in [-0.3, -0.25) is 8.88 Å². The number of aryl methyl sites for hydroxylation is 1. The van der Waals surface area contributed by atoms with Crippen LogP contribution in [0.5, 0.6) is 0 Å². The van der Waals surface area contributed by atoms with E-state index < -0.39 is 32.3 Å². The van der Waals surface area contributed by atoms with Gasteiger partial charge in [-0.25, -0.2) is 0 Å². The monoisotopic (exact) mass is 589 g/mol. The molecule has 0 amide bonds. The summed E-state index contributed by atoms with van der Waals surface area (Å²) in [7, 11) is -1.78. The van der Waals surface area contributed by atoms with Crippen molar-refractivity contribution in [2.45, 2.75) is 163 Å². The van der Waals surface area contributed by atoms with Crippen LogP contribution in [0.2, 0.25) is 0 Å². The molecule has 0 saturated heterocycles. The Kier molecular flexibility index (Phi) is 14.7. The molecular weight excluding hydrogens is 530 g/mol. The lowest BCUT2D eigenvalue weighted by atomic mass is 10.5. The van der Waals surface area contributed by atoms with E-state index in [1.807, 2.05) is 0 Å². The molecule has 9 heteroatoms. The van der Waals surface area contributed by atoms with E-state index in [2.05, 4.69) is 127 Å². The van der Waals surface area contributed by atoms with Gasteiger partial charge in [-0.2, -0.15) is 15.0 Å². The van der Waals surface area contributed by atoms with Crippen LogP contribution in [-0.4, -0.2) is 60.2 Å². The zero-order chi connectivity index (χ0) is 28.9. The summed E-state index contributed by atoms with van der Waals surface area (Å²) in [6, 6.07) is 0. The van der Waals surface area contributed by atoms with Gasteiger partial charge < -0.3 is 0 Å². The normalized spacial score (nSPS) is 13.2. The van der Waals surface area contributed by atoms with Gasteiger partial charge in [-0.15, -0.1) is 0 Å². The van der Waals surface area contributed by atoms with Crippen LogP contribution < -0.4 is 8.88 Å². The first-order chi connectivity index (χ1) is 16.9. The number of rotatable bonds is 14. The lowest BCUT2D eigenvalue weighted by molar-refractivity contribution is 0.924. The van der Waals surface area contributed by atoms with E-state index in [4.69, 9.17) is 15.0 Å². The van der Waals surface area contributed by atoms with Gasteiger partial charge in [0.25, 0.3) is 0 Å². The van der Waals surface area contributed by atoms with Gasteiger partial charge in [0.1, 0.15) is 5.82 Å². The van der Waals surface area contributed by atoms with Crippen LogP contribution in [0, 0.1) is 6.92 Å². The quantitative estimate of drug-likeness (QED) is 0.202. The van der Waals surface area contributed by atoms with E-state index in [0.29, 0.717) is 45.3 Å². The fourth-order valence-electron chi connectivity index (χ4n) is 5.42. The minimum absolute atomic E-state index is 0.446. The highest BCUT2D eigenvalue weighted by molar-refractivity contribution is 7.79. The minimum atomic E-state index is -0.446. The molecule has 0 aliphatic carbocycles. The number of hydrogen-bond donors (Lipinski definition) is 0. The molecule has 0 aliphatic heterocycles. The minimum Gasteiger partial charge on any atom is -0.297 e. The van der Waals surface area contributed by atoms with Crippen molar-refractivity contribution in [2.24, 2.45) is 0 Å². The molecule has 5 nitrogen and oxygen atoms in total. The summed E-state index contributed by atoms with van der Waals surface area (Å²) >= 11 is 0. The first-order valence-corrected chi connectivity index (χ1v) is 20.1. The molecule has 0 bridgehead atoms. The van der Waals surface area contributed by atoms with Gasteiger partial charge >= 0.3 is 0 Å². The molecule has 37 heavy (non-hydrogen) atoms. The van der Waals surface area contributed by atoms with E-state index in [0.717, 1.165) is 17.7 Å². The Hall–Kier alpha value is 0.330. The van der Waals surface area contributed by atoms with Crippen molar-refractivity contribution in [1.82, 2.24) is 15.0 Å². The van der Waals surface area contributed by atoms with Crippen molar-refractivity contribution < 1.29 is 0 Å². The van der Waals surface area contributed by atoms with Gasteiger partial charge in [0.05, 0.1) is 0 Å². The largest absolute Gasteiger partial charge is 0.297 e. The van der Waals surface area contributed by atoms with Crippen LogP contribution in [0.3, 0.4) is 0 Å². The molecule has 0 aliphatic rings. The second kappa shape index (κ2) is 15.4. The van der Waals surface area contributed by atoms with Crippen LogP contribution >= 0.6 is 32.3 Å². The Balaban J connectivity index is 4.05. The molecule has 1 aromatic rings. The lowest BCUT2D eigenvalue weighted by Gasteiger charge is -2.47. The maximum atomic E-state index is 5.47. The van der Waals surface area contributed by atoms with Gasteiger partial charge in [-0.05, 0) is 52.2 Å². The SMILES string of the molecule is Cc1nc(N(P(C(C)C)C(C)C)P(C(C)C)C(C)C)nc(N(P(C(C)C)C(C)C)P(C(C)C)C(C)C)n1. The van der Waals surface area contributed by atoms with Crippen LogP contribution in [0.4, 0.5) is 11.9 Å². The van der Waals surface area contributed by atoms with Crippen LogP contribution in [0.15, 0.2) is 0 Å². The summed E-state index contributed by atoms with van der Waals surface area (Å²) in [5.41, 5.74) is 4.56. The van der Waals surface area contributed by atoms with Crippen molar-refractivity contribution in [3.05, 3.63) is 5.82 Å². The summed E-state index contributed by atoms with van der Waals surface area (Å²) in [5, 5.41) is 0. The molecule has 0 N–H and O–H groups in total. The van der Waals surface area contributed by atoms with E-state index in [-0.39, 0.29) is 0 Å². The Labute approximate surface area is 236 Å². The van der Waals surface area contributed by atoms with Gasteiger partial charge in [0, 0.05) is 32.3 Å². The van der Waals surface area contributed by atoms with E-state index in [1.165, 1.54) is 0 Å². The molecule has 0 fully saturated rings. The number of nitrogens with zero attached hydrogens (tertiary/aromatic N) is 5. The average molecular weight is 590 g/mol. The Morgan fingerprint density at radius 3 is 0.730 bits per heavy atom. The smallest absolute Gasteiger partial charge is 0.237 e. The molecule has 0 radical (unpaired) electrons. The molecule has 0 aromatic carbocycles. The second-order valence-electron chi connectivity index (χ2n) is 12.3. The van der Waals surface area contributed by atoms with Crippen molar-refractivity contribution in [3.8, 4) is 0 Å². The molecule has 1 aromatic heterocycles. The second-order valence-corrected chi connectivity index (χ2v) is 25.9. The van der Waals surface area contributed by atoms with Gasteiger partial charge in [0.15, 0.2) is 0 Å². The molecular formula is C28H59N5P4. The first kappa shape index (κ1) is 35.4. The third kappa shape index (κ3) is 9.17. The number of anilines is 2. The van der Waals surface area contributed by atoms with Crippen molar-refractivity contribution in [1.29, 1.82) is 0 Å². The van der Waals surface area contributed by atoms with E-state index >= 15 is 0 Å². The molecule has 1 heterocycles. The molecule has 0 spiro atoms. The fraction of sp³-hybridized carbons (Fsp3) is 0.893. The average Bonchev–Trinajstić information content (AvgIpc) is 2.69. The Morgan fingerprint density at radius 2 is 0.568 bits per heavy atom. The standard InChI is InChI=1S/C28H59N5P4/c1-18(2)34(19(3)4)32(35(20(5)6)21(7)8)27-29-26(17)30-28(31-27)33(36(22(9)10)23(11)12)37(24(13)14)25(15)16/h18-25H,1-17H3. The van der Waals surface area contributed by atoms with Crippen LogP contribution in [0.1, 0.15) is 117 Å². The van der Waals surface area contributed by atoms with Crippen LogP contribution in [-0.2, 0) is 0 Å². The number of aromatic nitrogens is 3. The molecule has 1 rings (SSSR count). The zero-order valence-corrected chi connectivity index (χ0v) is 30.7. The number of hydrogen-bond acceptors (Lipinski definition) is 5. The van der Waals surface area contributed by atoms with Crippen LogP contribution in [0.25, 0.3) is 0 Å². The summed E-state index contributed by atoms with van der Waals surface area (Å²) < 4.78 is 5.46. The van der Waals surface area contributed by atoms with Gasteiger partial charge in [0.2, 0.25) is 11.9 Å². The summed E-state index contributed by atoms with van der Waals surface area (Å²) in [6.45, 7) is 40.3. The highest BCUT2D eigenvalue weighted by Crippen LogP contribution is 2.68. The zero-order valence-electron chi connectivity index (χ0n) is 27.1. The maximum Gasteiger partial charge on any atom is 0.237 e. The lowest BCUT2D eigenvalue weighted by Crippen LogP contribution is -2.31. The fourth-order valence-corrected chi connectivity index (χ4v) is 21.7. The van der Waals surface area contributed by atoms with Crippen molar-refractivity contribution in [3.63, 3.8) is 0 Å².